The molecule has 19 heavy (non-hydrogen) atoms. The van der Waals surface area contributed by atoms with E-state index in [-0.39, 0.29) is 0 Å². The van der Waals surface area contributed by atoms with Crippen LogP contribution in [0.2, 0.25) is 0 Å². The van der Waals surface area contributed by atoms with E-state index in [1.807, 2.05) is 6.20 Å². The van der Waals surface area contributed by atoms with Crippen molar-refractivity contribution in [2.45, 2.75) is 45.7 Å². The number of nitrogens with one attached hydrogen (secondary N) is 1. The largest absolute Gasteiger partial charge is 0.371 e. The summed E-state index contributed by atoms with van der Waals surface area (Å²) in [5, 5.41) is 3.54. The van der Waals surface area contributed by atoms with Gasteiger partial charge in [-0.05, 0) is 43.2 Å². The van der Waals surface area contributed by atoms with E-state index < -0.39 is 0 Å². The molecule has 0 spiro atoms. The van der Waals surface area contributed by atoms with Crippen LogP contribution in [0.5, 0.6) is 0 Å². The molecule has 1 saturated carbocycles. The topological polar surface area (TPSA) is 28.2 Å². The molecule has 2 aliphatic rings. The van der Waals surface area contributed by atoms with E-state index in [9.17, 15) is 0 Å². The number of pyridine rings is 1. The van der Waals surface area contributed by atoms with E-state index in [1.54, 1.807) is 0 Å². The molecule has 2 heterocycles. The second kappa shape index (κ2) is 5.49. The third-order valence-electron chi connectivity index (χ3n) is 4.48. The van der Waals surface area contributed by atoms with E-state index in [1.165, 1.54) is 43.7 Å². The molecule has 0 bridgehead atoms. The molecule has 3 heteroatoms. The molecule has 0 radical (unpaired) electrons. The van der Waals surface area contributed by atoms with Crippen molar-refractivity contribution in [3.8, 4) is 0 Å². The van der Waals surface area contributed by atoms with Crippen molar-refractivity contribution in [1.82, 2.24) is 10.3 Å². The molecule has 1 unspecified atom stereocenters. The zero-order chi connectivity index (χ0) is 13.2. The van der Waals surface area contributed by atoms with E-state index in [0.29, 0.717) is 0 Å². The van der Waals surface area contributed by atoms with Gasteiger partial charge in [0, 0.05) is 37.6 Å². The minimum atomic E-state index is 0.752. The Bertz CT molecular complexity index is 426. The second-order valence-corrected chi connectivity index (χ2v) is 6.40. The summed E-state index contributed by atoms with van der Waals surface area (Å²) in [4.78, 5) is 7.00. The first-order valence-electron chi connectivity index (χ1n) is 7.65. The van der Waals surface area contributed by atoms with Crippen molar-refractivity contribution in [3.63, 3.8) is 0 Å². The summed E-state index contributed by atoms with van der Waals surface area (Å²) in [6, 6.07) is 5.17. The molecule has 0 aromatic carbocycles. The normalized spacial score (nSPS) is 23.3. The number of rotatable bonds is 5. The number of aromatic nitrogens is 1. The summed E-state index contributed by atoms with van der Waals surface area (Å²) in [5.74, 6) is 1.64. The van der Waals surface area contributed by atoms with Crippen LogP contribution in [0.25, 0.3) is 0 Å². The lowest BCUT2D eigenvalue weighted by Crippen LogP contribution is -2.22. The molecule has 1 atom stereocenters. The van der Waals surface area contributed by atoms with Gasteiger partial charge >= 0.3 is 0 Å². The lowest BCUT2D eigenvalue weighted by Gasteiger charge is -2.20. The quantitative estimate of drug-likeness (QED) is 0.881. The molecule has 1 aliphatic carbocycles. The Labute approximate surface area is 116 Å². The maximum absolute atomic E-state index is 4.48. The Hall–Kier alpha value is -1.09. The first-order valence-corrected chi connectivity index (χ1v) is 7.65. The third-order valence-corrected chi connectivity index (χ3v) is 4.48. The van der Waals surface area contributed by atoms with Crippen molar-refractivity contribution in [1.29, 1.82) is 0 Å². The Morgan fingerprint density at radius 1 is 1.37 bits per heavy atom. The predicted molar refractivity (Wildman–Crippen MR) is 79.3 cm³/mol. The zero-order valence-corrected chi connectivity index (χ0v) is 12.1. The van der Waals surface area contributed by atoms with E-state index in [2.05, 4.69) is 41.2 Å². The monoisotopic (exact) mass is 259 g/mol. The van der Waals surface area contributed by atoms with Crippen LogP contribution in [0.3, 0.4) is 0 Å². The van der Waals surface area contributed by atoms with Crippen molar-refractivity contribution < 1.29 is 0 Å². The molecule has 104 valence electrons. The van der Waals surface area contributed by atoms with Crippen molar-refractivity contribution in [2.24, 2.45) is 11.8 Å². The van der Waals surface area contributed by atoms with Crippen LogP contribution < -0.4 is 10.2 Å². The van der Waals surface area contributed by atoms with Gasteiger partial charge in [-0.1, -0.05) is 13.8 Å². The molecular weight excluding hydrogens is 234 g/mol. The average molecular weight is 259 g/mol. The molecule has 3 nitrogen and oxygen atoms in total. The predicted octanol–water partition coefficient (Wildman–Crippen LogP) is 2.82. The summed E-state index contributed by atoms with van der Waals surface area (Å²) in [7, 11) is 0. The summed E-state index contributed by atoms with van der Waals surface area (Å²) in [6.45, 7) is 8.00. The van der Waals surface area contributed by atoms with Crippen molar-refractivity contribution in [3.05, 3.63) is 24.0 Å². The highest BCUT2D eigenvalue weighted by Crippen LogP contribution is 2.28. The van der Waals surface area contributed by atoms with Crippen molar-refractivity contribution in [2.75, 3.05) is 18.0 Å². The van der Waals surface area contributed by atoms with Gasteiger partial charge in [0.1, 0.15) is 0 Å². The van der Waals surface area contributed by atoms with Gasteiger partial charge in [-0.2, -0.15) is 0 Å². The summed E-state index contributed by atoms with van der Waals surface area (Å²) in [6.07, 6.45) is 5.96. The smallest absolute Gasteiger partial charge is 0.0562 e. The molecule has 1 aliphatic heterocycles. The van der Waals surface area contributed by atoms with Gasteiger partial charge in [-0.3, -0.25) is 4.98 Å². The Morgan fingerprint density at radius 3 is 2.89 bits per heavy atom. The van der Waals surface area contributed by atoms with Crippen molar-refractivity contribution >= 4 is 5.69 Å². The first kappa shape index (κ1) is 12.9. The first-order chi connectivity index (χ1) is 9.22. The van der Waals surface area contributed by atoms with Crippen LogP contribution >= 0.6 is 0 Å². The second-order valence-electron chi connectivity index (χ2n) is 6.40. The molecule has 1 saturated heterocycles. The van der Waals surface area contributed by atoms with Gasteiger partial charge in [0.25, 0.3) is 0 Å². The van der Waals surface area contributed by atoms with E-state index in [0.717, 1.165) is 24.4 Å². The zero-order valence-electron chi connectivity index (χ0n) is 12.1. The highest BCUT2D eigenvalue weighted by molar-refractivity contribution is 5.47. The van der Waals surface area contributed by atoms with Gasteiger partial charge in [-0.15, -0.1) is 0 Å². The fourth-order valence-electron chi connectivity index (χ4n) is 2.86. The lowest BCUT2D eigenvalue weighted by molar-refractivity contribution is 0.423. The van der Waals surface area contributed by atoms with Gasteiger partial charge in [0.05, 0.1) is 5.69 Å². The molecule has 2 fully saturated rings. The highest BCUT2D eigenvalue weighted by atomic mass is 15.2. The number of nitrogens with zero attached hydrogens (tertiary/aromatic N) is 2. The van der Waals surface area contributed by atoms with Gasteiger partial charge in [0.2, 0.25) is 0 Å². The summed E-state index contributed by atoms with van der Waals surface area (Å²) >= 11 is 0. The van der Waals surface area contributed by atoms with Gasteiger partial charge in [0.15, 0.2) is 0 Å². The summed E-state index contributed by atoms with van der Waals surface area (Å²) in [5.41, 5.74) is 2.53. The number of anilines is 1. The standard InChI is InChI=1S/C16H25N3/c1-12(2)13-6-8-19(11-13)16-5-7-17-15(9-16)10-18-14-3-4-14/h5,7,9,12-14,18H,3-4,6,8,10-11H2,1-2H3. The fourth-order valence-corrected chi connectivity index (χ4v) is 2.86. The lowest BCUT2D eigenvalue weighted by atomic mass is 9.95. The molecule has 0 amide bonds. The Morgan fingerprint density at radius 2 is 2.21 bits per heavy atom. The number of hydrogen-bond acceptors (Lipinski definition) is 3. The molecule has 1 N–H and O–H groups in total. The van der Waals surface area contributed by atoms with Crippen LogP contribution in [-0.2, 0) is 6.54 Å². The van der Waals surface area contributed by atoms with Crippen LogP contribution in [0.4, 0.5) is 5.69 Å². The van der Waals surface area contributed by atoms with E-state index in [4.69, 9.17) is 0 Å². The van der Waals surface area contributed by atoms with Crippen LogP contribution in [0.1, 0.15) is 38.8 Å². The maximum atomic E-state index is 4.48. The molecule has 1 aromatic heterocycles. The highest BCUT2D eigenvalue weighted by Gasteiger charge is 2.25. The molecule has 1 aromatic rings. The average Bonchev–Trinajstić information content (AvgIpc) is 3.10. The number of hydrogen-bond donors (Lipinski definition) is 1. The van der Waals surface area contributed by atoms with Gasteiger partial charge in [-0.25, -0.2) is 0 Å². The molecule has 3 rings (SSSR count). The van der Waals surface area contributed by atoms with Crippen LogP contribution in [-0.4, -0.2) is 24.1 Å². The molecular formula is C16H25N3. The van der Waals surface area contributed by atoms with Crippen LogP contribution in [0, 0.1) is 11.8 Å². The van der Waals surface area contributed by atoms with Gasteiger partial charge < -0.3 is 10.2 Å². The minimum Gasteiger partial charge on any atom is -0.371 e. The summed E-state index contributed by atoms with van der Waals surface area (Å²) < 4.78 is 0. The SMILES string of the molecule is CC(C)C1CCN(c2ccnc(CNC3CC3)c2)C1. The van der Waals surface area contributed by atoms with E-state index >= 15 is 0 Å². The third kappa shape index (κ3) is 3.27. The minimum absolute atomic E-state index is 0.752. The van der Waals surface area contributed by atoms with Crippen LogP contribution in [0.15, 0.2) is 18.3 Å². The maximum Gasteiger partial charge on any atom is 0.0562 e. The Kier molecular flexibility index (Phi) is 3.74. The Balaban J connectivity index is 1.62. The fraction of sp³-hybridized carbons (Fsp3) is 0.688.